The molecule has 0 radical (unpaired) electrons. The maximum atomic E-state index is 11.7. The molecule has 0 amide bonds. The van der Waals surface area contributed by atoms with Crippen LogP contribution in [0, 0.1) is 11.3 Å². The summed E-state index contributed by atoms with van der Waals surface area (Å²) in [5.74, 6) is 0.740. The van der Waals surface area contributed by atoms with Gasteiger partial charge < -0.3 is 9.47 Å². The summed E-state index contributed by atoms with van der Waals surface area (Å²) in [6, 6.07) is 8.77. The predicted molar refractivity (Wildman–Crippen MR) is 79.3 cm³/mol. The van der Waals surface area contributed by atoms with Crippen LogP contribution in [-0.2, 0) is 16.1 Å². The van der Waals surface area contributed by atoms with Crippen molar-refractivity contribution < 1.29 is 14.3 Å². The summed E-state index contributed by atoms with van der Waals surface area (Å²) in [6.45, 7) is 5.46. The second-order valence-corrected chi connectivity index (χ2v) is 5.70. The van der Waals surface area contributed by atoms with Gasteiger partial charge in [0.05, 0.1) is 24.0 Å². The number of nitrogens with zero attached hydrogens (tertiary/aromatic N) is 3. The van der Waals surface area contributed by atoms with Crippen molar-refractivity contribution in [2.24, 2.45) is 0 Å². The van der Waals surface area contributed by atoms with Crippen LogP contribution in [-0.4, -0.2) is 21.4 Å². The highest BCUT2D eigenvalue weighted by molar-refractivity contribution is 5.69. The second-order valence-electron chi connectivity index (χ2n) is 5.70. The van der Waals surface area contributed by atoms with Gasteiger partial charge in [-0.05, 0) is 45.0 Å². The Bertz CT molecular complexity index is 691. The molecule has 0 fully saturated rings. The van der Waals surface area contributed by atoms with Crippen LogP contribution in [0.1, 0.15) is 26.3 Å². The van der Waals surface area contributed by atoms with Crippen LogP contribution in [0.3, 0.4) is 0 Å². The third kappa shape index (κ3) is 4.63. The summed E-state index contributed by atoms with van der Waals surface area (Å²) in [5.41, 5.74) is 0.0412. The van der Waals surface area contributed by atoms with Gasteiger partial charge in [0.15, 0.2) is 5.75 Å². The Morgan fingerprint density at radius 1 is 1.27 bits per heavy atom. The first kappa shape index (κ1) is 15.6. The van der Waals surface area contributed by atoms with Crippen LogP contribution in [0.2, 0.25) is 0 Å². The van der Waals surface area contributed by atoms with Gasteiger partial charge in [0.25, 0.3) is 0 Å². The molecule has 2 rings (SSSR count). The van der Waals surface area contributed by atoms with Crippen molar-refractivity contribution in [1.82, 2.24) is 9.78 Å². The van der Waals surface area contributed by atoms with E-state index in [2.05, 4.69) is 5.10 Å². The van der Waals surface area contributed by atoms with Crippen molar-refractivity contribution >= 4 is 5.97 Å². The average molecular weight is 299 g/mol. The van der Waals surface area contributed by atoms with Crippen LogP contribution < -0.4 is 4.74 Å². The van der Waals surface area contributed by atoms with Gasteiger partial charge in [0.2, 0.25) is 0 Å². The molecule has 0 saturated heterocycles. The Balaban J connectivity index is 1.96. The average Bonchev–Trinajstić information content (AvgIpc) is 2.84. The molecule has 0 aliphatic carbocycles. The van der Waals surface area contributed by atoms with Gasteiger partial charge in [-0.2, -0.15) is 10.4 Å². The van der Waals surface area contributed by atoms with E-state index in [4.69, 9.17) is 14.7 Å². The molecule has 0 aliphatic heterocycles. The third-order valence-corrected chi connectivity index (χ3v) is 2.54. The molecule has 0 aliphatic rings. The fraction of sp³-hybridized carbons (Fsp3) is 0.312. The summed E-state index contributed by atoms with van der Waals surface area (Å²) in [6.07, 6.45) is 3.13. The van der Waals surface area contributed by atoms with Crippen LogP contribution in [0.5, 0.6) is 11.5 Å². The lowest BCUT2D eigenvalue weighted by Crippen LogP contribution is -2.26. The molecule has 0 unspecified atom stereocenters. The maximum absolute atomic E-state index is 11.7. The zero-order chi connectivity index (χ0) is 16.2. The molecule has 0 saturated carbocycles. The maximum Gasteiger partial charge on any atom is 0.328 e. The number of carbonyl (C=O) groups excluding carboxylic acids is 1. The van der Waals surface area contributed by atoms with Gasteiger partial charge in [-0.15, -0.1) is 0 Å². The lowest BCUT2D eigenvalue weighted by Gasteiger charge is -2.19. The summed E-state index contributed by atoms with van der Waals surface area (Å²) >= 11 is 0. The summed E-state index contributed by atoms with van der Waals surface area (Å²) in [7, 11) is 0. The molecule has 114 valence electrons. The molecule has 1 aromatic carbocycles. The Hall–Kier alpha value is -2.81. The number of nitriles is 1. The van der Waals surface area contributed by atoms with E-state index in [0.717, 1.165) is 0 Å². The highest BCUT2D eigenvalue weighted by Crippen LogP contribution is 2.21. The Labute approximate surface area is 128 Å². The molecule has 0 N–H and O–H groups in total. The molecule has 6 heteroatoms. The standard InChI is InChI=1S/C16H17N3O3/c1-16(2,3)22-15(20)11-19-10-14(9-18-19)21-13-6-4-12(8-17)5-7-13/h4-7,9-10H,11H2,1-3H3. The molecule has 0 spiro atoms. The largest absolute Gasteiger partial charge is 0.459 e. The molecular formula is C16H17N3O3. The molecule has 2 aromatic rings. The molecular weight excluding hydrogens is 282 g/mol. The van der Waals surface area contributed by atoms with E-state index in [1.807, 2.05) is 26.8 Å². The number of hydrogen-bond donors (Lipinski definition) is 0. The number of ether oxygens (including phenoxy) is 2. The van der Waals surface area contributed by atoms with Crippen molar-refractivity contribution in [2.45, 2.75) is 32.9 Å². The van der Waals surface area contributed by atoms with E-state index in [1.54, 1.807) is 30.5 Å². The van der Waals surface area contributed by atoms with Gasteiger partial charge in [0, 0.05) is 0 Å². The van der Waals surface area contributed by atoms with Crippen molar-refractivity contribution in [3.63, 3.8) is 0 Å². The van der Waals surface area contributed by atoms with E-state index in [1.165, 1.54) is 10.9 Å². The molecule has 1 aromatic heterocycles. The summed E-state index contributed by atoms with van der Waals surface area (Å²) in [5, 5.41) is 12.8. The van der Waals surface area contributed by atoms with Gasteiger partial charge >= 0.3 is 5.97 Å². The Morgan fingerprint density at radius 3 is 2.55 bits per heavy atom. The number of carbonyl (C=O) groups is 1. The zero-order valence-corrected chi connectivity index (χ0v) is 12.7. The first-order valence-corrected chi connectivity index (χ1v) is 6.78. The summed E-state index contributed by atoms with van der Waals surface area (Å²) in [4.78, 5) is 11.7. The van der Waals surface area contributed by atoms with Crippen LogP contribution in [0.15, 0.2) is 36.7 Å². The van der Waals surface area contributed by atoms with Crippen molar-refractivity contribution in [1.29, 1.82) is 5.26 Å². The summed E-state index contributed by atoms with van der Waals surface area (Å²) < 4.78 is 12.3. The monoisotopic (exact) mass is 299 g/mol. The first-order chi connectivity index (χ1) is 10.4. The van der Waals surface area contributed by atoms with Crippen LogP contribution in [0.25, 0.3) is 0 Å². The first-order valence-electron chi connectivity index (χ1n) is 6.78. The molecule has 1 heterocycles. The topological polar surface area (TPSA) is 77.1 Å². The zero-order valence-electron chi connectivity index (χ0n) is 12.7. The lowest BCUT2D eigenvalue weighted by atomic mass is 10.2. The van der Waals surface area contributed by atoms with Gasteiger partial charge in [-0.1, -0.05) is 0 Å². The van der Waals surface area contributed by atoms with E-state index in [0.29, 0.717) is 17.1 Å². The van der Waals surface area contributed by atoms with E-state index in [9.17, 15) is 4.79 Å². The number of hydrogen-bond acceptors (Lipinski definition) is 5. The van der Waals surface area contributed by atoms with Gasteiger partial charge in [-0.3, -0.25) is 9.48 Å². The van der Waals surface area contributed by atoms with E-state index >= 15 is 0 Å². The van der Waals surface area contributed by atoms with Gasteiger partial charge in [-0.25, -0.2) is 0 Å². The second kappa shape index (κ2) is 6.31. The SMILES string of the molecule is CC(C)(C)OC(=O)Cn1cc(Oc2ccc(C#N)cc2)cn1. The van der Waals surface area contributed by atoms with E-state index in [-0.39, 0.29) is 12.5 Å². The quantitative estimate of drug-likeness (QED) is 0.811. The van der Waals surface area contributed by atoms with Crippen molar-refractivity contribution in [3.05, 3.63) is 42.2 Å². The lowest BCUT2D eigenvalue weighted by molar-refractivity contribution is -0.155. The minimum absolute atomic E-state index is 0.0218. The minimum Gasteiger partial charge on any atom is -0.459 e. The molecule has 0 bridgehead atoms. The Kier molecular flexibility index (Phi) is 4.47. The molecule has 22 heavy (non-hydrogen) atoms. The normalized spacial score (nSPS) is 10.8. The predicted octanol–water partition coefficient (Wildman–Crippen LogP) is 2.89. The smallest absolute Gasteiger partial charge is 0.328 e. The number of rotatable bonds is 4. The fourth-order valence-electron chi connectivity index (χ4n) is 1.72. The number of aromatic nitrogens is 2. The molecule has 0 atom stereocenters. The highest BCUT2D eigenvalue weighted by Gasteiger charge is 2.17. The minimum atomic E-state index is -0.522. The van der Waals surface area contributed by atoms with Crippen molar-refractivity contribution in [2.75, 3.05) is 0 Å². The molecule has 6 nitrogen and oxygen atoms in total. The Morgan fingerprint density at radius 2 is 1.95 bits per heavy atom. The highest BCUT2D eigenvalue weighted by atomic mass is 16.6. The van der Waals surface area contributed by atoms with Crippen molar-refractivity contribution in [3.8, 4) is 17.6 Å². The van der Waals surface area contributed by atoms with E-state index < -0.39 is 5.60 Å². The van der Waals surface area contributed by atoms with Crippen LogP contribution in [0.4, 0.5) is 0 Å². The number of benzene rings is 1. The number of esters is 1. The third-order valence-electron chi connectivity index (χ3n) is 2.54. The van der Waals surface area contributed by atoms with Crippen LogP contribution >= 0.6 is 0 Å². The van der Waals surface area contributed by atoms with Gasteiger partial charge in [0.1, 0.15) is 17.9 Å². The fourth-order valence-corrected chi connectivity index (χ4v) is 1.72.